The zero-order valence-corrected chi connectivity index (χ0v) is 13.7. The van der Waals surface area contributed by atoms with E-state index >= 15 is 0 Å². The second-order valence-electron chi connectivity index (χ2n) is 5.32. The van der Waals surface area contributed by atoms with Crippen LogP contribution < -0.4 is 15.8 Å². The van der Waals surface area contributed by atoms with E-state index in [1.165, 1.54) is 7.11 Å². The zero-order chi connectivity index (χ0) is 15.8. The Labute approximate surface area is 128 Å². The van der Waals surface area contributed by atoms with E-state index in [4.69, 9.17) is 10.5 Å². The van der Waals surface area contributed by atoms with E-state index < -0.39 is 10.8 Å². The molecule has 1 amide bonds. The van der Waals surface area contributed by atoms with E-state index in [1.807, 2.05) is 13.8 Å². The summed E-state index contributed by atoms with van der Waals surface area (Å²) in [7, 11) is 0.684. The number of anilines is 2. The van der Waals surface area contributed by atoms with Crippen LogP contribution in [0.1, 0.15) is 26.7 Å². The van der Waals surface area contributed by atoms with E-state index in [9.17, 15) is 9.00 Å². The van der Waals surface area contributed by atoms with Crippen molar-refractivity contribution >= 4 is 28.1 Å². The molecule has 0 radical (unpaired) electrons. The molecule has 0 heterocycles. The maximum absolute atomic E-state index is 11.9. The van der Waals surface area contributed by atoms with Gasteiger partial charge in [-0.2, -0.15) is 0 Å². The van der Waals surface area contributed by atoms with Crippen LogP contribution in [0.5, 0.6) is 5.75 Å². The first-order valence-electron chi connectivity index (χ1n) is 7.00. The summed E-state index contributed by atoms with van der Waals surface area (Å²) >= 11 is 0. The van der Waals surface area contributed by atoms with Crippen LogP contribution in [0.2, 0.25) is 0 Å². The van der Waals surface area contributed by atoms with Gasteiger partial charge in [-0.05, 0) is 24.5 Å². The molecule has 0 aliphatic rings. The molecule has 0 bridgehead atoms. The molecule has 21 heavy (non-hydrogen) atoms. The van der Waals surface area contributed by atoms with Crippen molar-refractivity contribution in [3.63, 3.8) is 0 Å². The second-order valence-corrected chi connectivity index (χ2v) is 6.94. The fraction of sp³-hybridized carbons (Fsp3) is 0.533. The summed E-state index contributed by atoms with van der Waals surface area (Å²) in [6.45, 7) is 4.08. The highest BCUT2D eigenvalue weighted by Gasteiger charge is 2.09. The van der Waals surface area contributed by atoms with Gasteiger partial charge in [0.15, 0.2) is 0 Å². The van der Waals surface area contributed by atoms with Crippen molar-refractivity contribution in [3.05, 3.63) is 18.2 Å². The maximum atomic E-state index is 11.9. The number of hydrogen-bond donors (Lipinski definition) is 2. The quantitative estimate of drug-likeness (QED) is 0.722. The van der Waals surface area contributed by atoms with Crippen LogP contribution in [0.3, 0.4) is 0 Å². The molecule has 0 aromatic heterocycles. The van der Waals surface area contributed by atoms with Gasteiger partial charge in [-0.1, -0.05) is 13.8 Å². The summed E-state index contributed by atoms with van der Waals surface area (Å²) in [5, 5.41) is 2.78. The Balaban J connectivity index is 2.42. The van der Waals surface area contributed by atoms with Gasteiger partial charge in [0.05, 0.1) is 12.8 Å². The van der Waals surface area contributed by atoms with Gasteiger partial charge in [0.1, 0.15) is 5.75 Å². The molecule has 1 unspecified atom stereocenters. The van der Waals surface area contributed by atoms with Crippen molar-refractivity contribution in [1.29, 1.82) is 0 Å². The Morgan fingerprint density at radius 2 is 2.14 bits per heavy atom. The number of benzene rings is 1. The summed E-state index contributed by atoms with van der Waals surface area (Å²) in [4.78, 5) is 11.9. The lowest BCUT2D eigenvalue weighted by Crippen LogP contribution is -2.14. The molecular formula is C15H24N2O3S. The van der Waals surface area contributed by atoms with Crippen molar-refractivity contribution in [2.75, 3.05) is 29.7 Å². The van der Waals surface area contributed by atoms with Crippen LogP contribution in [0.15, 0.2) is 18.2 Å². The SMILES string of the molecule is COc1cc(N)ccc1NC(=O)CCCS(=O)CC(C)C. The molecule has 0 spiro atoms. The topological polar surface area (TPSA) is 81.4 Å². The highest BCUT2D eigenvalue weighted by atomic mass is 32.2. The number of carbonyl (C=O) groups is 1. The van der Waals surface area contributed by atoms with Gasteiger partial charge < -0.3 is 15.8 Å². The van der Waals surface area contributed by atoms with Crippen molar-refractivity contribution in [2.45, 2.75) is 26.7 Å². The Bertz CT molecular complexity index is 504. The number of rotatable bonds is 8. The summed E-state index contributed by atoms with van der Waals surface area (Å²) < 4.78 is 16.8. The highest BCUT2D eigenvalue weighted by Crippen LogP contribution is 2.26. The average molecular weight is 312 g/mol. The molecule has 1 aromatic carbocycles. The predicted molar refractivity (Wildman–Crippen MR) is 88.0 cm³/mol. The molecule has 1 aromatic rings. The standard InChI is InChI=1S/C15H24N2O3S/c1-11(2)10-21(19)8-4-5-15(18)17-13-7-6-12(16)9-14(13)20-3/h6-7,9,11H,4-5,8,10,16H2,1-3H3,(H,17,18). The molecule has 0 saturated heterocycles. The van der Waals surface area contributed by atoms with E-state index in [1.54, 1.807) is 18.2 Å². The molecule has 1 atom stereocenters. The zero-order valence-electron chi connectivity index (χ0n) is 12.8. The third-order valence-corrected chi connectivity index (χ3v) is 4.58. The number of nitrogens with one attached hydrogen (secondary N) is 1. The number of carbonyl (C=O) groups excluding carboxylic acids is 1. The lowest BCUT2D eigenvalue weighted by molar-refractivity contribution is -0.116. The van der Waals surface area contributed by atoms with Crippen LogP contribution in [0.4, 0.5) is 11.4 Å². The number of hydrogen-bond acceptors (Lipinski definition) is 4. The lowest BCUT2D eigenvalue weighted by Gasteiger charge is -2.11. The number of nitrogens with two attached hydrogens (primary N) is 1. The van der Waals surface area contributed by atoms with Crippen molar-refractivity contribution in [3.8, 4) is 5.75 Å². The number of ether oxygens (including phenoxy) is 1. The number of methoxy groups -OCH3 is 1. The molecular weight excluding hydrogens is 288 g/mol. The van der Waals surface area contributed by atoms with Gasteiger partial charge in [0.2, 0.25) is 5.91 Å². The predicted octanol–water partition coefficient (Wildman–Crippen LogP) is 2.40. The minimum Gasteiger partial charge on any atom is -0.494 e. The second kappa shape index (κ2) is 8.67. The van der Waals surface area contributed by atoms with E-state index in [2.05, 4.69) is 5.32 Å². The van der Waals surface area contributed by atoms with Gasteiger partial charge in [-0.15, -0.1) is 0 Å². The van der Waals surface area contributed by atoms with E-state index in [0.717, 1.165) is 0 Å². The highest BCUT2D eigenvalue weighted by molar-refractivity contribution is 7.84. The van der Waals surface area contributed by atoms with Gasteiger partial charge in [0, 0.05) is 40.5 Å². The first-order valence-corrected chi connectivity index (χ1v) is 8.49. The monoisotopic (exact) mass is 312 g/mol. The fourth-order valence-electron chi connectivity index (χ4n) is 1.87. The van der Waals surface area contributed by atoms with Gasteiger partial charge in [0.25, 0.3) is 0 Å². The summed E-state index contributed by atoms with van der Waals surface area (Å²) in [5.41, 5.74) is 6.84. The third-order valence-electron chi connectivity index (χ3n) is 2.79. The Morgan fingerprint density at radius 1 is 1.43 bits per heavy atom. The van der Waals surface area contributed by atoms with E-state index in [-0.39, 0.29) is 5.91 Å². The molecule has 0 fully saturated rings. The Hall–Kier alpha value is -1.56. The molecule has 5 nitrogen and oxygen atoms in total. The molecule has 1 rings (SSSR count). The van der Waals surface area contributed by atoms with Gasteiger partial charge in [-0.3, -0.25) is 9.00 Å². The Kier molecular flexibility index (Phi) is 7.22. The largest absolute Gasteiger partial charge is 0.494 e. The maximum Gasteiger partial charge on any atom is 0.224 e. The minimum atomic E-state index is -0.843. The normalized spacial score (nSPS) is 12.2. The first-order chi connectivity index (χ1) is 9.92. The van der Waals surface area contributed by atoms with Crippen LogP contribution in [0.25, 0.3) is 0 Å². The number of amides is 1. The summed E-state index contributed by atoms with van der Waals surface area (Å²) in [5.74, 6) is 2.09. The van der Waals surface area contributed by atoms with Crippen LogP contribution in [-0.4, -0.2) is 28.7 Å². The lowest BCUT2D eigenvalue weighted by atomic mass is 10.2. The Morgan fingerprint density at radius 3 is 2.76 bits per heavy atom. The molecule has 118 valence electrons. The molecule has 3 N–H and O–H groups in total. The van der Waals surface area contributed by atoms with E-state index in [0.29, 0.717) is 47.4 Å². The fourth-order valence-corrected chi connectivity index (χ4v) is 3.25. The first kappa shape index (κ1) is 17.5. The van der Waals surface area contributed by atoms with Crippen LogP contribution >= 0.6 is 0 Å². The molecule has 6 heteroatoms. The molecule has 0 aliphatic heterocycles. The van der Waals surface area contributed by atoms with Crippen molar-refractivity contribution in [2.24, 2.45) is 5.92 Å². The third kappa shape index (κ3) is 6.62. The number of nitrogen functional groups attached to an aromatic ring is 1. The van der Waals surface area contributed by atoms with Crippen LogP contribution in [0, 0.1) is 5.92 Å². The van der Waals surface area contributed by atoms with Crippen molar-refractivity contribution in [1.82, 2.24) is 0 Å². The van der Waals surface area contributed by atoms with Gasteiger partial charge in [-0.25, -0.2) is 0 Å². The summed E-state index contributed by atoms with van der Waals surface area (Å²) in [6, 6.07) is 5.08. The molecule has 0 aliphatic carbocycles. The summed E-state index contributed by atoms with van der Waals surface area (Å²) in [6.07, 6.45) is 0.958. The van der Waals surface area contributed by atoms with Crippen molar-refractivity contribution < 1.29 is 13.7 Å². The van der Waals surface area contributed by atoms with Crippen LogP contribution in [-0.2, 0) is 15.6 Å². The molecule has 0 saturated carbocycles. The smallest absolute Gasteiger partial charge is 0.224 e. The van der Waals surface area contributed by atoms with Gasteiger partial charge >= 0.3 is 0 Å². The average Bonchev–Trinajstić information content (AvgIpc) is 2.39. The minimum absolute atomic E-state index is 0.111.